The van der Waals surface area contributed by atoms with E-state index in [4.69, 9.17) is 9.47 Å². The Morgan fingerprint density at radius 1 is 1.24 bits per heavy atom. The maximum absolute atomic E-state index is 5.57. The molecule has 0 aliphatic heterocycles. The maximum Gasteiger partial charge on any atom is 0.119 e. The van der Waals surface area contributed by atoms with Gasteiger partial charge in [0.25, 0.3) is 0 Å². The van der Waals surface area contributed by atoms with Gasteiger partial charge in [-0.2, -0.15) is 0 Å². The molecular weight excluding hydrogens is 214 g/mol. The molecule has 0 bridgehead atoms. The summed E-state index contributed by atoms with van der Waals surface area (Å²) in [5.74, 6) is 1.50. The number of rotatable bonds is 4. The van der Waals surface area contributed by atoms with Crippen LogP contribution in [0.5, 0.6) is 5.75 Å². The van der Waals surface area contributed by atoms with Crippen molar-refractivity contribution < 1.29 is 9.47 Å². The third-order valence-corrected chi connectivity index (χ3v) is 3.59. The Labute approximate surface area is 103 Å². The van der Waals surface area contributed by atoms with E-state index in [0.29, 0.717) is 5.92 Å². The van der Waals surface area contributed by atoms with Crippen LogP contribution in [0.25, 0.3) is 0 Å². The van der Waals surface area contributed by atoms with Crippen LogP contribution in [0.4, 0.5) is 0 Å². The van der Waals surface area contributed by atoms with Crippen molar-refractivity contribution in [2.24, 2.45) is 0 Å². The van der Waals surface area contributed by atoms with Gasteiger partial charge in [0.1, 0.15) is 5.75 Å². The number of hydrogen-bond acceptors (Lipinski definition) is 3. The molecule has 3 nitrogen and oxygen atoms in total. The average molecular weight is 235 g/mol. The van der Waals surface area contributed by atoms with Crippen molar-refractivity contribution in [1.29, 1.82) is 0 Å². The number of likely N-dealkylation sites (N-methyl/N-ethyl adjacent to an activating group) is 1. The summed E-state index contributed by atoms with van der Waals surface area (Å²) in [5, 5.41) is 3.27. The van der Waals surface area contributed by atoms with Crippen LogP contribution in [0.2, 0.25) is 0 Å². The minimum absolute atomic E-state index is 0.216. The van der Waals surface area contributed by atoms with Gasteiger partial charge in [-0.1, -0.05) is 6.07 Å². The Balaban J connectivity index is 2.36. The van der Waals surface area contributed by atoms with Gasteiger partial charge >= 0.3 is 0 Å². The van der Waals surface area contributed by atoms with Crippen molar-refractivity contribution in [3.05, 3.63) is 29.3 Å². The van der Waals surface area contributed by atoms with Crippen LogP contribution in [0, 0.1) is 0 Å². The normalized spacial score (nSPS) is 23.2. The average Bonchev–Trinajstić information content (AvgIpc) is 2.38. The summed E-state index contributed by atoms with van der Waals surface area (Å²) in [4.78, 5) is 0. The molecule has 0 aromatic heterocycles. The molecule has 2 rings (SSSR count). The van der Waals surface area contributed by atoms with Crippen molar-refractivity contribution >= 4 is 0 Å². The predicted octanol–water partition coefficient (Wildman–Crippen LogP) is 2.48. The maximum atomic E-state index is 5.57. The molecule has 1 N–H and O–H groups in total. The van der Waals surface area contributed by atoms with Crippen molar-refractivity contribution in [2.45, 2.75) is 24.9 Å². The lowest BCUT2D eigenvalue weighted by Crippen LogP contribution is -2.23. The number of hydrogen-bond donors (Lipinski definition) is 1. The molecule has 0 saturated heterocycles. The number of methoxy groups -OCH3 is 2. The number of benzene rings is 1. The Kier molecular flexibility index (Phi) is 4.02. The van der Waals surface area contributed by atoms with Gasteiger partial charge < -0.3 is 14.8 Å². The molecule has 1 aromatic rings. The molecule has 0 amide bonds. The van der Waals surface area contributed by atoms with E-state index in [9.17, 15) is 0 Å². The fourth-order valence-electron chi connectivity index (χ4n) is 2.70. The first kappa shape index (κ1) is 12.4. The molecular formula is C14H21NO2. The Hall–Kier alpha value is -1.06. The first-order valence-electron chi connectivity index (χ1n) is 6.15. The van der Waals surface area contributed by atoms with Crippen LogP contribution in [-0.2, 0) is 4.74 Å². The van der Waals surface area contributed by atoms with Crippen molar-refractivity contribution in [1.82, 2.24) is 5.32 Å². The lowest BCUT2D eigenvalue weighted by Gasteiger charge is -2.31. The highest BCUT2D eigenvalue weighted by Crippen LogP contribution is 2.40. The molecule has 2 unspecified atom stereocenters. The van der Waals surface area contributed by atoms with Gasteiger partial charge in [0.05, 0.1) is 13.2 Å². The monoisotopic (exact) mass is 235 g/mol. The lowest BCUT2D eigenvalue weighted by atomic mass is 9.81. The highest BCUT2D eigenvalue weighted by molar-refractivity contribution is 5.41. The van der Waals surface area contributed by atoms with E-state index in [1.807, 2.05) is 13.1 Å². The highest BCUT2D eigenvalue weighted by Gasteiger charge is 2.27. The topological polar surface area (TPSA) is 30.5 Å². The molecule has 2 atom stereocenters. The minimum atomic E-state index is 0.216. The van der Waals surface area contributed by atoms with E-state index in [1.54, 1.807) is 14.2 Å². The van der Waals surface area contributed by atoms with Gasteiger partial charge in [-0.25, -0.2) is 0 Å². The third kappa shape index (κ3) is 2.45. The van der Waals surface area contributed by atoms with Gasteiger partial charge in [0.15, 0.2) is 0 Å². The Morgan fingerprint density at radius 2 is 2.06 bits per heavy atom. The molecule has 94 valence electrons. The van der Waals surface area contributed by atoms with E-state index in [-0.39, 0.29) is 6.10 Å². The minimum Gasteiger partial charge on any atom is -0.497 e. The summed E-state index contributed by atoms with van der Waals surface area (Å²) >= 11 is 0. The zero-order valence-corrected chi connectivity index (χ0v) is 10.8. The first-order chi connectivity index (χ1) is 8.30. The number of nitrogens with one attached hydrogen (secondary N) is 1. The van der Waals surface area contributed by atoms with Gasteiger partial charge in [-0.15, -0.1) is 0 Å². The van der Waals surface area contributed by atoms with Gasteiger partial charge in [-0.3, -0.25) is 0 Å². The van der Waals surface area contributed by atoms with Crippen LogP contribution in [0.1, 0.15) is 36.0 Å². The van der Waals surface area contributed by atoms with Crippen LogP contribution in [-0.4, -0.2) is 27.8 Å². The molecule has 0 fully saturated rings. The smallest absolute Gasteiger partial charge is 0.119 e. The number of ether oxygens (including phenoxy) is 2. The largest absolute Gasteiger partial charge is 0.497 e. The SMILES string of the molecule is CNCC1CCC(OC)c2cc(OC)ccc21. The standard InChI is InChI=1S/C14H21NO2/c1-15-9-10-4-7-14(17-3)13-8-11(16-2)5-6-12(10)13/h5-6,8,10,14-15H,4,7,9H2,1-3H3. The second-order valence-corrected chi connectivity index (χ2v) is 4.55. The fraction of sp³-hybridized carbons (Fsp3) is 0.571. The van der Waals surface area contributed by atoms with Gasteiger partial charge in [0, 0.05) is 13.7 Å². The Bertz CT molecular complexity index is 378. The predicted molar refractivity (Wildman–Crippen MR) is 68.6 cm³/mol. The summed E-state index contributed by atoms with van der Waals surface area (Å²) in [6.45, 7) is 1.02. The summed E-state index contributed by atoms with van der Waals surface area (Å²) in [6, 6.07) is 6.34. The van der Waals surface area contributed by atoms with Crippen LogP contribution < -0.4 is 10.1 Å². The van der Waals surface area contributed by atoms with E-state index < -0.39 is 0 Å². The zero-order chi connectivity index (χ0) is 12.3. The summed E-state index contributed by atoms with van der Waals surface area (Å²) < 4.78 is 10.9. The van der Waals surface area contributed by atoms with E-state index in [2.05, 4.69) is 17.4 Å². The molecule has 3 heteroatoms. The van der Waals surface area contributed by atoms with Crippen molar-refractivity contribution in [3.63, 3.8) is 0 Å². The van der Waals surface area contributed by atoms with Crippen LogP contribution >= 0.6 is 0 Å². The van der Waals surface area contributed by atoms with Crippen LogP contribution in [0.3, 0.4) is 0 Å². The number of fused-ring (bicyclic) bond motifs is 1. The molecule has 1 aliphatic carbocycles. The summed E-state index contributed by atoms with van der Waals surface area (Å²) in [7, 11) is 5.50. The van der Waals surface area contributed by atoms with Gasteiger partial charge in [0.2, 0.25) is 0 Å². The third-order valence-electron chi connectivity index (χ3n) is 3.59. The highest BCUT2D eigenvalue weighted by atomic mass is 16.5. The molecule has 17 heavy (non-hydrogen) atoms. The fourth-order valence-corrected chi connectivity index (χ4v) is 2.70. The van der Waals surface area contributed by atoms with E-state index in [1.165, 1.54) is 17.5 Å². The van der Waals surface area contributed by atoms with Crippen molar-refractivity contribution in [2.75, 3.05) is 27.8 Å². The second kappa shape index (κ2) is 5.52. The summed E-state index contributed by atoms with van der Waals surface area (Å²) in [5.41, 5.74) is 2.69. The first-order valence-corrected chi connectivity index (χ1v) is 6.15. The van der Waals surface area contributed by atoms with Crippen LogP contribution in [0.15, 0.2) is 18.2 Å². The quantitative estimate of drug-likeness (QED) is 0.869. The molecule has 0 radical (unpaired) electrons. The molecule has 1 aromatic carbocycles. The second-order valence-electron chi connectivity index (χ2n) is 4.55. The Morgan fingerprint density at radius 3 is 2.71 bits per heavy atom. The summed E-state index contributed by atoms with van der Waals surface area (Å²) in [6.07, 6.45) is 2.48. The zero-order valence-electron chi connectivity index (χ0n) is 10.8. The van der Waals surface area contributed by atoms with E-state index >= 15 is 0 Å². The molecule has 0 spiro atoms. The van der Waals surface area contributed by atoms with Crippen molar-refractivity contribution in [3.8, 4) is 5.75 Å². The van der Waals surface area contributed by atoms with E-state index in [0.717, 1.165) is 18.7 Å². The van der Waals surface area contributed by atoms with Gasteiger partial charge in [-0.05, 0) is 49.1 Å². The lowest BCUT2D eigenvalue weighted by molar-refractivity contribution is 0.0840. The molecule has 0 saturated carbocycles. The molecule has 1 aliphatic rings. The molecule has 0 heterocycles.